The van der Waals surface area contributed by atoms with Crippen molar-refractivity contribution in [2.75, 3.05) is 5.32 Å². The van der Waals surface area contributed by atoms with Gasteiger partial charge in [0.15, 0.2) is 6.10 Å². The molecule has 0 saturated carbocycles. The monoisotopic (exact) mass is 347 g/mol. The number of aryl methyl sites for hydroxylation is 1. The van der Waals surface area contributed by atoms with Gasteiger partial charge < -0.3 is 10.1 Å². The fraction of sp³-hybridized carbons (Fsp3) is 0.235. The van der Waals surface area contributed by atoms with Gasteiger partial charge in [-0.25, -0.2) is 0 Å². The lowest BCUT2D eigenvalue weighted by Crippen LogP contribution is -2.32. The predicted molar refractivity (Wildman–Crippen MR) is 88.7 cm³/mol. The van der Waals surface area contributed by atoms with Gasteiger partial charge in [-0.3, -0.25) is 4.79 Å². The summed E-state index contributed by atoms with van der Waals surface area (Å²) in [6.07, 6.45) is 0.104. The molecule has 2 aromatic carbocycles. The summed E-state index contributed by atoms with van der Waals surface area (Å²) in [4.78, 5) is 12.3. The number of hydrogen-bond acceptors (Lipinski definition) is 2. The number of amides is 1. The summed E-state index contributed by atoms with van der Waals surface area (Å²) in [6, 6.07) is 15.2. The largest absolute Gasteiger partial charge is 0.481 e. The molecule has 0 aromatic heterocycles. The molecule has 0 aliphatic carbocycles. The Hall–Kier alpha value is -1.81. The normalized spacial score (nSPS) is 11.8. The van der Waals surface area contributed by atoms with E-state index in [1.807, 2.05) is 62.4 Å². The minimum atomic E-state index is -0.503. The molecule has 2 rings (SSSR count). The van der Waals surface area contributed by atoms with Crippen molar-refractivity contribution < 1.29 is 9.53 Å². The molecule has 0 spiro atoms. The molecule has 1 atom stereocenters. The van der Waals surface area contributed by atoms with Gasteiger partial charge in [0.2, 0.25) is 0 Å². The minimum Gasteiger partial charge on any atom is -0.481 e. The zero-order valence-corrected chi connectivity index (χ0v) is 13.7. The number of benzene rings is 2. The van der Waals surface area contributed by atoms with Gasteiger partial charge in [-0.1, -0.05) is 40.5 Å². The van der Waals surface area contributed by atoms with E-state index in [1.165, 1.54) is 0 Å². The number of carbonyl (C=O) groups is 1. The van der Waals surface area contributed by atoms with Crippen LogP contribution in [0.15, 0.2) is 53.0 Å². The molecule has 0 aliphatic heterocycles. The average molecular weight is 348 g/mol. The molecular formula is C17H18BrNO2. The van der Waals surface area contributed by atoms with Gasteiger partial charge in [-0.2, -0.15) is 0 Å². The van der Waals surface area contributed by atoms with Crippen molar-refractivity contribution >= 4 is 27.5 Å². The van der Waals surface area contributed by atoms with E-state index >= 15 is 0 Å². The van der Waals surface area contributed by atoms with E-state index in [4.69, 9.17) is 4.74 Å². The maximum atomic E-state index is 12.3. The Morgan fingerprint density at radius 2 is 1.76 bits per heavy atom. The fourth-order valence-electron chi connectivity index (χ4n) is 1.86. The summed E-state index contributed by atoms with van der Waals surface area (Å²) in [7, 11) is 0. The van der Waals surface area contributed by atoms with Crippen LogP contribution in [0.2, 0.25) is 0 Å². The smallest absolute Gasteiger partial charge is 0.265 e. The van der Waals surface area contributed by atoms with Gasteiger partial charge in [0.25, 0.3) is 5.91 Å². The number of anilines is 1. The van der Waals surface area contributed by atoms with Crippen LogP contribution in [0.25, 0.3) is 0 Å². The predicted octanol–water partition coefficient (Wildman–Crippen LogP) is 4.55. The first kappa shape index (κ1) is 15.6. The lowest BCUT2D eigenvalue weighted by molar-refractivity contribution is -0.122. The summed E-state index contributed by atoms with van der Waals surface area (Å²) in [6.45, 7) is 3.95. The van der Waals surface area contributed by atoms with Gasteiger partial charge in [0.05, 0.1) is 0 Å². The van der Waals surface area contributed by atoms with E-state index in [0.717, 1.165) is 15.7 Å². The second kappa shape index (κ2) is 7.27. The number of carbonyl (C=O) groups excluding carboxylic acids is 1. The molecule has 1 N–H and O–H groups in total. The molecule has 1 amide bonds. The van der Waals surface area contributed by atoms with Crippen LogP contribution in [0, 0.1) is 6.92 Å². The highest BCUT2D eigenvalue weighted by atomic mass is 79.9. The first-order chi connectivity index (χ1) is 10.1. The van der Waals surface area contributed by atoms with E-state index in [9.17, 15) is 4.79 Å². The summed E-state index contributed by atoms with van der Waals surface area (Å²) in [5.74, 6) is 0.568. The van der Waals surface area contributed by atoms with Crippen molar-refractivity contribution in [3.05, 3.63) is 58.6 Å². The highest BCUT2D eigenvalue weighted by Crippen LogP contribution is 2.17. The zero-order chi connectivity index (χ0) is 15.2. The topological polar surface area (TPSA) is 38.3 Å². The van der Waals surface area contributed by atoms with Crippen LogP contribution in [0.4, 0.5) is 5.69 Å². The second-order valence-corrected chi connectivity index (χ2v) is 5.74. The Kier molecular flexibility index (Phi) is 5.39. The molecular weight excluding hydrogens is 330 g/mol. The van der Waals surface area contributed by atoms with Crippen LogP contribution >= 0.6 is 15.9 Å². The number of rotatable bonds is 5. The summed E-state index contributed by atoms with van der Waals surface area (Å²) < 4.78 is 6.73. The van der Waals surface area contributed by atoms with E-state index in [-0.39, 0.29) is 5.91 Å². The molecule has 4 heteroatoms. The van der Waals surface area contributed by atoms with Crippen LogP contribution < -0.4 is 10.1 Å². The third-order valence-electron chi connectivity index (χ3n) is 3.07. The van der Waals surface area contributed by atoms with Gasteiger partial charge in [-0.05, 0) is 49.7 Å². The highest BCUT2D eigenvalue weighted by Gasteiger charge is 2.18. The quantitative estimate of drug-likeness (QED) is 0.861. The van der Waals surface area contributed by atoms with Crippen LogP contribution in [0.5, 0.6) is 5.75 Å². The zero-order valence-electron chi connectivity index (χ0n) is 12.1. The highest BCUT2D eigenvalue weighted by molar-refractivity contribution is 9.10. The molecule has 0 fully saturated rings. The van der Waals surface area contributed by atoms with Crippen LogP contribution in [-0.2, 0) is 4.79 Å². The molecule has 0 radical (unpaired) electrons. The van der Waals surface area contributed by atoms with Crippen molar-refractivity contribution in [1.29, 1.82) is 0 Å². The Bertz CT molecular complexity index is 593. The average Bonchev–Trinajstić information content (AvgIpc) is 2.49. The van der Waals surface area contributed by atoms with Crippen LogP contribution in [0.1, 0.15) is 18.9 Å². The maximum absolute atomic E-state index is 12.3. The molecule has 0 aliphatic rings. The third-order valence-corrected chi connectivity index (χ3v) is 3.60. The summed E-state index contributed by atoms with van der Waals surface area (Å²) in [5, 5.41) is 2.87. The van der Waals surface area contributed by atoms with E-state index in [1.54, 1.807) is 0 Å². The van der Waals surface area contributed by atoms with Crippen LogP contribution in [-0.4, -0.2) is 12.0 Å². The summed E-state index contributed by atoms with van der Waals surface area (Å²) >= 11 is 3.37. The number of halogens is 1. The first-order valence-corrected chi connectivity index (χ1v) is 7.67. The number of nitrogens with one attached hydrogen (secondary N) is 1. The van der Waals surface area contributed by atoms with E-state index in [2.05, 4.69) is 21.2 Å². The fourth-order valence-corrected chi connectivity index (χ4v) is 2.12. The lowest BCUT2D eigenvalue weighted by atomic mass is 10.2. The first-order valence-electron chi connectivity index (χ1n) is 6.88. The van der Waals surface area contributed by atoms with Crippen molar-refractivity contribution in [2.45, 2.75) is 26.4 Å². The van der Waals surface area contributed by atoms with Crippen molar-refractivity contribution in [3.63, 3.8) is 0 Å². The van der Waals surface area contributed by atoms with Crippen molar-refractivity contribution in [1.82, 2.24) is 0 Å². The SMILES string of the molecule is CC[C@H](Oc1ccc(C)cc1)C(=O)Nc1ccc(Br)cc1. The molecule has 0 bridgehead atoms. The minimum absolute atomic E-state index is 0.139. The van der Waals surface area contributed by atoms with Gasteiger partial charge in [0, 0.05) is 10.2 Å². The Balaban J connectivity index is 2.01. The molecule has 0 heterocycles. The maximum Gasteiger partial charge on any atom is 0.265 e. The Morgan fingerprint density at radius 3 is 2.33 bits per heavy atom. The molecule has 21 heavy (non-hydrogen) atoms. The van der Waals surface area contributed by atoms with E-state index in [0.29, 0.717) is 12.2 Å². The summed E-state index contributed by atoms with van der Waals surface area (Å²) in [5.41, 5.74) is 1.92. The lowest BCUT2D eigenvalue weighted by Gasteiger charge is -2.17. The van der Waals surface area contributed by atoms with E-state index < -0.39 is 6.10 Å². The van der Waals surface area contributed by atoms with Crippen molar-refractivity contribution in [2.24, 2.45) is 0 Å². The standard InChI is InChI=1S/C17H18BrNO2/c1-3-16(21-15-10-4-12(2)5-11-15)17(20)19-14-8-6-13(18)7-9-14/h4-11,16H,3H2,1-2H3,(H,19,20)/t16-/m0/s1. The van der Waals surface area contributed by atoms with Gasteiger partial charge >= 0.3 is 0 Å². The molecule has 0 saturated heterocycles. The Morgan fingerprint density at radius 1 is 1.14 bits per heavy atom. The van der Waals surface area contributed by atoms with Gasteiger partial charge in [0.1, 0.15) is 5.75 Å². The van der Waals surface area contributed by atoms with Crippen LogP contribution in [0.3, 0.4) is 0 Å². The molecule has 110 valence electrons. The number of ether oxygens (including phenoxy) is 1. The molecule has 3 nitrogen and oxygen atoms in total. The number of hydrogen-bond donors (Lipinski definition) is 1. The van der Waals surface area contributed by atoms with Gasteiger partial charge in [-0.15, -0.1) is 0 Å². The third kappa shape index (κ3) is 4.60. The second-order valence-electron chi connectivity index (χ2n) is 4.82. The molecule has 0 unspecified atom stereocenters. The Labute approximate surface area is 133 Å². The molecule has 2 aromatic rings. The van der Waals surface area contributed by atoms with Crippen molar-refractivity contribution in [3.8, 4) is 5.75 Å².